The average molecular weight is 544 g/mol. The molecule has 0 radical (unpaired) electrons. The molecule has 10 nitrogen and oxygen atoms in total. The van der Waals surface area contributed by atoms with E-state index in [1.54, 1.807) is 19.5 Å². The minimum absolute atomic E-state index is 0.119. The number of rotatable bonds is 7. The summed E-state index contributed by atoms with van der Waals surface area (Å²) in [6.07, 6.45) is 3.20. The summed E-state index contributed by atoms with van der Waals surface area (Å²) in [6.45, 7) is 2.21. The third kappa shape index (κ3) is 3.62. The van der Waals surface area contributed by atoms with E-state index in [1.165, 1.54) is 4.57 Å². The first kappa shape index (κ1) is 22.1. The monoisotopic (exact) mass is 542 g/mol. The van der Waals surface area contributed by atoms with Crippen LogP contribution in [0.2, 0.25) is 5.15 Å². The molecule has 0 fully saturated rings. The minimum Gasteiger partial charge on any atom is -0.476 e. The van der Waals surface area contributed by atoms with Gasteiger partial charge in [-0.1, -0.05) is 35.9 Å². The molecule has 1 aromatic carbocycles. The van der Waals surface area contributed by atoms with Crippen molar-refractivity contribution in [3.63, 3.8) is 0 Å². The molecule has 172 valence electrons. The summed E-state index contributed by atoms with van der Waals surface area (Å²) < 4.78 is 13.3. The molecule has 12 heteroatoms. The number of fused-ring (bicyclic) bond motifs is 1. The Kier molecular flexibility index (Phi) is 5.80. The van der Waals surface area contributed by atoms with E-state index in [0.717, 1.165) is 37.9 Å². The van der Waals surface area contributed by atoms with Crippen LogP contribution >= 0.6 is 27.5 Å². The molecule has 34 heavy (non-hydrogen) atoms. The summed E-state index contributed by atoms with van der Waals surface area (Å²) >= 11 is 9.91. The maximum atomic E-state index is 12.0. The number of carboxylic acid groups (broad SMARTS) is 1. The van der Waals surface area contributed by atoms with Crippen molar-refractivity contribution in [3.05, 3.63) is 63.7 Å². The Morgan fingerprint density at radius 3 is 2.74 bits per heavy atom. The highest BCUT2D eigenvalue weighted by atomic mass is 79.9. The second-order valence-corrected chi connectivity index (χ2v) is 8.34. The van der Waals surface area contributed by atoms with Crippen molar-refractivity contribution in [2.45, 2.75) is 13.5 Å². The van der Waals surface area contributed by atoms with Crippen LogP contribution < -0.4 is 4.74 Å². The Morgan fingerprint density at radius 2 is 2.03 bits per heavy atom. The zero-order valence-electron chi connectivity index (χ0n) is 17.6. The maximum absolute atomic E-state index is 12.0. The van der Waals surface area contributed by atoms with Gasteiger partial charge in [-0.2, -0.15) is 10.2 Å². The standard InChI is InChI=1S/C22H16BrClN6O4/c1-2-34-22-25-19(24)18(21(31)32)30(22)9-14-11-7-8-33-10-15(11)17(23)16(14)12-5-3-4-6-13(12)20-26-28-29-27-20/h3-8,10H,2,9H2,1H3,(H,31,32)(H,26,27,28,29). The van der Waals surface area contributed by atoms with E-state index in [9.17, 15) is 9.90 Å². The highest BCUT2D eigenvalue weighted by Gasteiger charge is 2.29. The van der Waals surface area contributed by atoms with Crippen LogP contribution in [0.4, 0.5) is 0 Å². The van der Waals surface area contributed by atoms with Crippen LogP contribution in [0.3, 0.4) is 0 Å². The van der Waals surface area contributed by atoms with Crippen LogP contribution in [-0.2, 0) is 6.54 Å². The molecule has 0 bridgehead atoms. The van der Waals surface area contributed by atoms with Gasteiger partial charge in [0, 0.05) is 21.2 Å². The van der Waals surface area contributed by atoms with Gasteiger partial charge in [0.1, 0.15) is 0 Å². The summed E-state index contributed by atoms with van der Waals surface area (Å²) in [5.41, 5.74) is 4.72. The van der Waals surface area contributed by atoms with E-state index in [1.807, 2.05) is 30.3 Å². The Hall–Kier alpha value is -3.70. The first-order chi connectivity index (χ1) is 16.5. The summed E-state index contributed by atoms with van der Waals surface area (Å²) in [7, 11) is 0. The molecule has 0 amide bonds. The summed E-state index contributed by atoms with van der Waals surface area (Å²) in [6, 6.07) is 9.56. The number of H-pyrrole nitrogens is 1. The number of benzene rings is 1. The molecule has 2 aliphatic rings. The van der Waals surface area contributed by atoms with Crippen LogP contribution in [0.25, 0.3) is 33.6 Å². The van der Waals surface area contributed by atoms with E-state index in [-0.39, 0.29) is 23.4 Å². The lowest BCUT2D eigenvalue weighted by Crippen LogP contribution is -2.12. The number of imidazole rings is 1. The normalized spacial score (nSPS) is 11.3. The molecule has 1 aliphatic carbocycles. The van der Waals surface area contributed by atoms with Crippen LogP contribution in [0.5, 0.6) is 6.01 Å². The number of carboxylic acids is 1. The Morgan fingerprint density at radius 1 is 1.24 bits per heavy atom. The Balaban J connectivity index is 1.78. The van der Waals surface area contributed by atoms with Gasteiger partial charge in [-0.15, -0.1) is 10.2 Å². The molecular weight excluding hydrogens is 528 g/mol. The molecule has 3 heterocycles. The fourth-order valence-electron chi connectivity index (χ4n) is 3.97. The number of nitrogens with one attached hydrogen (secondary N) is 1. The van der Waals surface area contributed by atoms with Gasteiger partial charge in [0.2, 0.25) is 5.82 Å². The van der Waals surface area contributed by atoms with Crippen LogP contribution in [0.1, 0.15) is 23.0 Å². The highest BCUT2D eigenvalue weighted by molar-refractivity contribution is 9.10. The average Bonchev–Trinajstić information content (AvgIpc) is 3.53. The predicted octanol–water partition coefficient (Wildman–Crippen LogP) is 4.99. The van der Waals surface area contributed by atoms with E-state index in [0.29, 0.717) is 12.4 Å². The van der Waals surface area contributed by atoms with Crippen molar-refractivity contribution < 1.29 is 19.1 Å². The quantitative estimate of drug-likeness (QED) is 0.293. The second-order valence-electron chi connectivity index (χ2n) is 7.19. The van der Waals surface area contributed by atoms with Gasteiger partial charge in [-0.25, -0.2) is 4.79 Å². The number of hydrogen-bond donors (Lipinski definition) is 2. The topological polar surface area (TPSA) is 132 Å². The summed E-state index contributed by atoms with van der Waals surface area (Å²) in [5.74, 6) is -0.780. The molecule has 0 atom stereocenters. The van der Waals surface area contributed by atoms with Crippen LogP contribution in [0.15, 0.2) is 51.7 Å². The first-order valence-corrected chi connectivity index (χ1v) is 11.3. The minimum atomic E-state index is -1.21. The largest absolute Gasteiger partial charge is 0.476 e. The molecule has 3 aromatic rings. The number of aromatic carboxylic acids is 1. The predicted molar refractivity (Wildman–Crippen MR) is 126 cm³/mol. The van der Waals surface area contributed by atoms with Gasteiger partial charge in [0.25, 0.3) is 6.01 Å². The second kappa shape index (κ2) is 8.92. The van der Waals surface area contributed by atoms with Crippen molar-refractivity contribution in [1.82, 2.24) is 30.2 Å². The zero-order valence-corrected chi connectivity index (χ0v) is 20.0. The molecule has 0 spiro atoms. The first-order valence-electron chi connectivity index (χ1n) is 10.1. The van der Waals surface area contributed by atoms with E-state index in [2.05, 4.69) is 41.5 Å². The van der Waals surface area contributed by atoms with Crippen molar-refractivity contribution in [1.29, 1.82) is 0 Å². The lowest BCUT2D eigenvalue weighted by Gasteiger charge is -2.14. The molecule has 2 aromatic heterocycles. The number of halogens is 2. The lowest BCUT2D eigenvalue weighted by atomic mass is 9.97. The Bertz CT molecular complexity index is 1460. The summed E-state index contributed by atoms with van der Waals surface area (Å²) in [4.78, 5) is 16.2. The molecule has 0 unspecified atom stereocenters. The maximum Gasteiger partial charge on any atom is 0.355 e. The fourth-order valence-corrected chi connectivity index (χ4v) is 4.99. The number of aromatic amines is 1. The van der Waals surface area contributed by atoms with Gasteiger partial charge >= 0.3 is 5.97 Å². The SMILES string of the molecule is CCOc1nc(Cl)c(C(=O)O)n1Cc1c2ccocc-2c(Br)c1-c1ccccc1-c1nn[nH]n1. The van der Waals surface area contributed by atoms with Crippen LogP contribution in [-0.4, -0.2) is 47.9 Å². The number of nitrogens with zero attached hydrogens (tertiary/aromatic N) is 5. The van der Waals surface area contributed by atoms with Gasteiger partial charge in [-0.3, -0.25) is 4.57 Å². The summed E-state index contributed by atoms with van der Waals surface area (Å²) in [5, 5.41) is 24.1. The van der Waals surface area contributed by atoms with Crippen LogP contribution in [0, 0.1) is 0 Å². The Labute approximate surface area is 206 Å². The number of carbonyl (C=O) groups is 1. The van der Waals surface area contributed by atoms with E-state index >= 15 is 0 Å². The third-order valence-electron chi connectivity index (χ3n) is 5.34. The zero-order chi connectivity index (χ0) is 23.8. The number of hydrogen-bond acceptors (Lipinski definition) is 7. The molecule has 1 aliphatic heterocycles. The van der Waals surface area contributed by atoms with Gasteiger partial charge in [0.15, 0.2) is 10.8 Å². The van der Waals surface area contributed by atoms with Crippen molar-refractivity contribution in [2.75, 3.05) is 6.61 Å². The van der Waals surface area contributed by atoms with Crippen molar-refractivity contribution >= 4 is 33.5 Å². The van der Waals surface area contributed by atoms with E-state index < -0.39 is 5.97 Å². The number of aromatic nitrogens is 6. The smallest absolute Gasteiger partial charge is 0.355 e. The highest BCUT2D eigenvalue weighted by Crippen LogP contribution is 2.48. The fraction of sp³-hybridized carbons (Fsp3) is 0.136. The van der Waals surface area contributed by atoms with Crippen molar-refractivity contribution in [3.8, 4) is 39.7 Å². The van der Waals surface area contributed by atoms with Gasteiger partial charge in [0.05, 0.1) is 25.7 Å². The van der Waals surface area contributed by atoms with Gasteiger partial charge < -0.3 is 14.3 Å². The molecule has 2 N–H and O–H groups in total. The molecule has 5 rings (SSSR count). The molecule has 0 saturated carbocycles. The molecule has 0 saturated heterocycles. The molecular formula is C22H16BrClN6O4. The van der Waals surface area contributed by atoms with E-state index in [4.69, 9.17) is 20.8 Å². The third-order valence-corrected chi connectivity index (χ3v) is 6.42. The lowest BCUT2D eigenvalue weighted by molar-refractivity contribution is 0.0684. The van der Waals surface area contributed by atoms with Crippen molar-refractivity contribution in [2.24, 2.45) is 0 Å². The number of tetrazole rings is 1. The number of ether oxygens (including phenoxy) is 1. The van der Waals surface area contributed by atoms with Gasteiger partial charge in [-0.05, 0) is 50.8 Å².